The Hall–Kier alpha value is -9.46. The molecule has 4 unspecified atom stereocenters. The molecule has 13 rings (SSSR count). The van der Waals surface area contributed by atoms with E-state index < -0.39 is 59.5 Å². The molecule has 9 aromatic carbocycles. The van der Waals surface area contributed by atoms with Gasteiger partial charge in [-0.2, -0.15) is 0 Å². The van der Waals surface area contributed by atoms with Crippen molar-refractivity contribution in [2.75, 3.05) is 52.9 Å². The molecule has 0 aromatic heterocycles. The molecule has 2 saturated heterocycles. The Labute approximate surface area is 569 Å². The Morgan fingerprint density at radius 2 is 0.612 bits per heavy atom. The van der Waals surface area contributed by atoms with Crippen molar-refractivity contribution >= 4 is 78.7 Å². The van der Waals surface area contributed by atoms with Gasteiger partial charge in [0, 0.05) is 43.1 Å². The highest BCUT2D eigenvalue weighted by molar-refractivity contribution is 6.45. The van der Waals surface area contributed by atoms with Gasteiger partial charge < -0.3 is 47.4 Å². The SMILES string of the molecule is CC(C)c1ccc(Oc2cc3c4c(cc(Oc5ccc(C(C)C)cc5)c5c6c(Oc7ccc(C(C)C)cc7)cc7c8c(cc(Oc9ccc(C(C)C)cc9)c(c2c45)c86)C(=O)N(C(C(=O)OCCOCC2CO2)C(C)C)C7=O)C(=O)N(C(C(=O)OCCOCC2CO2)C(C)C)C3=O)cc1. The topological polar surface area (TPSA) is 208 Å². The van der Waals surface area contributed by atoms with E-state index in [9.17, 15) is 9.59 Å². The second kappa shape index (κ2) is 27.5. The summed E-state index contributed by atoms with van der Waals surface area (Å²) in [5.74, 6) is -3.60. The lowest BCUT2D eigenvalue weighted by Crippen LogP contribution is -2.53. The lowest BCUT2D eigenvalue weighted by atomic mass is 9.80. The van der Waals surface area contributed by atoms with Crippen molar-refractivity contribution < 1.29 is 76.1 Å². The first-order valence-corrected chi connectivity index (χ1v) is 34.0. The first kappa shape index (κ1) is 67.1. The molecule has 0 N–H and O–H groups in total. The van der Waals surface area contributed by atoms with Crippen LogP contribution in [-0.4, -0.2) is 123 Å². The van der Waals surface area contributed by atoms with Gasteiger partial charge in [0.05, 0.1) is 61.9 Å². The zero-order valence-corrected chi connectivity index (χ0v) is 57.4. The molecule has 0 spiro atoms. The number of imide groups is 2. The molecule has 508 valence electrons. The van der Waals surface area contributed by atoms with Crippen LogP contribution in [0.15, 0.2) is 121 Å². The summed E-state index contributed by atoms with van der Waals surface area (Å²) in [7, 11) is 0. The molecule has 4 heterocycles. The summed E-state index contributed by atoms with van der Waals surface area (Å²) in [4.78, 5) is 95.8. The first-order valence-electron chi connectivity index (χ1n) is 34.0. The van der Waals surface area contributed by atoms with Gasteiger partial charge in [0.2, 0.25) is 0 Å². The van der Waals surface area contributed by atoms with E-state index >= 15 is 19.2 Å². The summed E-state index contributed by atoms with van der Waals surface area (Å²) in [6.07, 6.45) is -0.0315. The average Bonchev–Trinajstić information content (AvgIpc) is 1.46. The molecule has 18 heteroatoms. The number of rotatable bonds is 28. The fourth-order valence-electron chi connectivity index (χ4n) is 13.2. The molecule has 0 bridgehead atoms. The number of ether oxygens (including phenoxy) is 10. The van der Waals surface area contributed by atoms with Gasteiger partial charge in [0.25, 0.3) is 23.6 Å². The Bertz CT molecular complexity index is 4040. The van der Waals surface area contributed by atoms with Gasteiger partial charge in [-0.3, -0.25) is 29.0 Å². The number of carbonyl (C=O) groups excluding carboxylic acids is 6. The molecular weight excluding hydrogens is 1240 g/mol. The summed E-state index contributed by atoms with van der Waals surface area (Å²) >= 11 is 0. The van der Waals surface area contributed by atoms with Crippen LogP contribution in [0.25, 0.3) is 43.1 Å². The van der Waals surface area contributed by atoms with E-state index in [0.717, 1.165) is 32.1 Å². The van der Waals surface area contributed by atoms with Crippen molar-refractivity contribution in [1.82, 2.24) is 9.80 Å². The van der Waals surface area contributed by atoms with Crippen molar-refractivity contribution in [2.45, 2.75) is 131 Å². The zero-order valence-electron chi connectivity index (χ0n) is 57.4. The van der Waals surface area contributed by atoms with Crippen molar-refractivity contribution in [3.05, 3.63) is 166 Å². The lowest BCUT2D eigenvalue weighted by Gasteiger charge is -2.36. The molecule has 4 aliphatic rings. The van der Waals surface area contributed by atoms with Gasteiger partial charge in [-0.15, -0.1) is 0 Å². The minimum atomic E-state index is -1.42. The maximum Gasteiger partial charge on any atom is 0.329 e. The molecule has 0 aliphatic carbocycles. The van der Waals surface area contributed by atoms with E-state index in [1.54, 1.807) is 52.0 Å². The second-order valence-corrected chi connectivity index (χ2v) is 27.7. The minimum Gasteiger partial charge on any atom is -0.462 e. The largest absolute Gasteiger partial charge is 0.462 e. The molecule has 4 aliphatic heterocycles. The summed E-state index contributed by atoms with van der Waals surface area (Å²) in [5.41, 5.74) is 4.17. The predicted molar refractivity (Wildman–Crippen MR) is 371 cm³/mol. The van der Waals surface area contributed by atoms with Crippen molar-refractivity contribution in [1.29, 1.82) is 0 Å². The van der Waals surface area contributed by atoms with Crippen LogP contribution in [0.5, 0.6) is 46.0 Å². The van der Waals surface area contributed by atoms with E-state index in [-0.39, 0.29) is 118 Å². The number of amides is 4. The third kappa shape index (κ3) is 13.0. The molecule has 2 fully saturated rings. The molecule has 98 heavy (non-hydrogen) atoms. The fraction of sp³-hybridized carbons (Fsp3) is 0.375. The highest BCUT2D eigenvalue weighted by atomic mass is 16.6. The number of esters is 2. The first-order chi connectivity index (χ1) is 47.1. The van der Waals surface area contributed by atoms with Crippen LogP contribution in [0, 0.1) is 11.8 Å². The highest BCUT2D eigenvalue weighted by Crippen LogP contribution is 2.58. The molecule has 18 nitrogen and oxygen atoms in total. The molecular formula is C80H82N2O16. The van der Waals surface area contributed by atoms with Crippen LogP contribution in [0.3, 0.4) is 0 Å². The number of benzene rings is 9. The number of nitrogens with zero attached hydrogens (tertiary/aromatic N) is 2. The Kier molecular flexibility index (Phi) is 18.8. The predicted octanol–water partition coefficient (Wildman–Crippen LogP) is 16.6. The Balaban J connectivity index is 1.14. The minimum absolute atomic E-state index is 0.0103. The number of epoxide rings is 2. The van der Waals surface area contributed by atoms with E-state index in [2.05, 4.69) is 55.4 Å². The summed E-state index contributed by atoms with van der Waals surface area (Å²) in [6.45, 7) is 25.3. The quantitative estimate of drug-likeness (QED) is 0.0112. The van der Waals surface area contributed by atoms with Gasteiger partial charge in [-0.25, -0.2) is 9.59 Å². The number of hydrogen-bond acceptors (Lipinski definition) is 16. The third-order valence-corrected chi connectivity index (χ3v) is 18.7. The smallest absolute Gasteiger partial charge is 0.329 e. The van der Waals surface area contributed by atoms with E-state index in [1.807, 2.05) is 97.1 Å². The van der Waals surface area contributed by atoms with Gasteiger partial charge >= 0.3 is 11.9 Å². The molecule has 0 radical (unpaired) electrons. The maximum absolute atomic E-state index is 16.1. The van der Waals surface area contributed by atoms with E-state index in [0.29, 0.717) is 81.7 Å². The summed E-state index contributed by atoms with van der Waals surface area (Å²) < 4.78 is 62.7. The van der Waals surface area contributed by atoms with Crippen molar-refractivity contribution in [3.63, 3.8) is 0 Å². The molecule has 9 aromatic rings. The fourth-order valence-corrected chi connectivity index (χ4v) is 13.2. The van der Waals surface area contributed by atoms with Crippen LogP contribution in [0.1, 0.15) is 170 Å². The molecule has 4 atom stereocenters. The normalized spacial score (nSPS) is 16.5. The van der Waals surface area contributed by atoms with Gasteiger partial charge in [-0.1, -0.05) is 132 Å². The van der Waals surface area contributed by atoms with Gasteiger partial charge in [-0.05, 0) is 131 Å². The zero-order chi connectivity index (χ0) is 69.1. The van der Waals surface area contributed by atoms with E-state index in [4.69, 9.17) is 47.4 Å². The lowest BCUT2D eigenvalue weighted by molar-refractivity contribution is -0.152. The number of carbonyl (C=O) groups is 6. The van der Waals surface area contributed by atoms with Crippen LogP contribution in [0.2, 0.25) is 0 Å². The van der Waals surface area contributed by atoms with E-state index in [1.165, 1.54) is 0 Å². The van der Waals surface area contributed by atoms with Crippen LogP contribution in [-0.2, 0) is 38.0 Å². The highest BCUT2D eigenvalue weighted by Gasteiger charge is 2.48. The van der Waals surface area contributed by atoms with Crippen molar-refractivity contribution in [2.24, 2.45) is 11.8 Å². The standard InChI is InChI=1S/C80H82N2O16/c1-41(2)47-13-21-51(22-14-47)95-61-33-57-65-58(76(84)81(75(57)83)73(45(9)10)79(87)91-31-29-89-37-55-39-93-55)35-63(97-53-25-17-49(18-26-53)43(5)6)69-70-64(98-54-27-19-50(20-28-54)44(7)8)36-60-66-59(77(85)82(78(60)86)74(46(11)12)80(88)92-32-30-90-38-56-40-94-56)34-62(68(72(66)70)67(61)71(65)69)96-52-23-15-48(16-24-52)42(3)4/h13-28,33-36,41-46,55-56,73-74H,29-32,37-40H2,1-12H3. The van der Waals surface area contributed by atoms with Crippen molar-refractivity contribution in [3.8, 4) is 46.0 Å². The Morgan fingerprint density at radius 3 is 0.827 bits per heavy atom. The Morgan fingerprint density at radius 1 is 0.367 bits per heavy atom. The average molecular weight is 1330 g/mol. The second-order valence-electron chi connectivity index (χ2n) is 27.7. The number of hydrogen-bond donors (Lipinski definition) is 0. The maximum atomic E-state index is 16.1. The molecule has 4 amide bonds. The molecule has 0 saturated carbocycles. The van der Waals surface area contributed by atoms with Crippen LogP contribution in [0.4, 0.5) is 0 Å². The third-order valence-electron chi connectivity index (χ3n) is 18.7. The van der Waals surface area contributed by atoms with Crippen LogP contribution >= 0.6 is 0 Å². The summed E-state index contributed by atoms with van der Waals surface area (Å²) in [5, 5.41) is 2.20. The number of fused-ring (bicyclic) bond motifs is 2. The monoisotopic (exact) mass is 1330 g/mol. The van der Waals surface area contributed by atoms with Gasteiger partial charge in [0.15, 0.2) is 0 Å². The van der Waals surface area contributed by atoms with Crippen LogP contribution < -0.4 is 18.9 Å². The summed E-state index contributed by atoms with van der Waals surface area (Å²) in [6, 6.07) is 33.9. The van der Waals surface area contributed by atoms with Gasteiger partial charge in [0.1, 0.15) is 83.5 Å².